The minimum atomic E-state index is -1.07. The molecule has 9 heteroatoms. The Labute approximate surface area is 164 Å². The standard InChI is InChI=1S/C20H18F2N2O5/c21-13-5-12(6-14(22)7-13)17-9-20(29-23-17)10-24(3-4-28-11-20)19(27)16-2-1-15(25)8-18(16)26/h1-2,5-9,23,25-26H,3-4,10-11H2. The van der Waals surface area contributed by atoms with Crippen LogP contribution >= 0.6 is 0 Å². The monoisotopic (exact) mass is 404 g/mol. The van der Waals surface area contributed by atoms with Crippen LogP contribution in [0.15, 0.2) is 42.5 Å². The lowest BCUT2D eigenvalue weighted by Gasteiger charge is -2.28. The summed E-state index contributed by atoms with van der Waals surface area (Å²) >= 11 is 0. The second-order valence-electron chi connectivity index (χ2n) is 6.97. The summed E-state index contributed by atoms with van der Waals surface area (Å²) in [4.78, 5) is 20.0. The molecule has 0 aromatic heterocycles. The average Bonchev–Trinajstić information content (AvgIpc) is 2.95. The molecule has 152 valence electrons. The lowest BCUT2D eigenvalue weighted by atomic mass is 10.0. The molecule has 3 N–H and O–H groups in total. The van der Waals surface area contributed by atoms with Gasteiger partial charge in [0.2, 0.25) is 0 Å². The highest BCUT2D eigenvalue weighted by Crippen LogP contribution is 2.31. The van der Waals surface area contributed by atoms with Crippen molar-refractivity contribution in [3.63, 3.8) is 0 Å². The lowest BCUT2D eigenvalue weighted by Crippen LogP contribution is -2.46. The number of amides is 1. The van der Waals surface area contributed by atoms with Crippen LogP contribution in [0.5, 0.6) is 11.5 Å². The lowest BCUT2D eigenvalue weighted by molar-refractivity contribution is -0.0765. The first-order chi connectivity index (χ1) is 13.8. The van der Waals surface area contributed by atoms with E-state index in [-0.39, 0.29) is 48.9 Å². The molecule has 2 aliphatic heterocycles. The van der Waals surface area contributed by atoms with Crippen LogP contribution in [0.2, 0.25) is 0 Å². The van der Waals surface area contributed by atoms with Crippen molar-refractivity contribution in [3.05, 3.63) is 65.2 Å². The van der Waals surface area contributed by atoms with Crippen molar-refractivity contribution in [1.82, 2.24) is 10.4 Å². The van der Waals surface area contributed by atoms with E-state index in [4.69, 9.17) is 9.57 Å². The summed E-state index contributed by atoms with van der Waals surface area (Å²) in [6, 6.07) is 6.83. The van der Waals surface area contributed by atoms with Gasteiger partial charge in [-0.3, -0.25) is 15.1 Å². The molecule has 2 aliphatic rings. The fourth-order valence-corrected chi connectivity index (χ4v) is 3.39. The van der Waals surface area contributed by atoms with E-state index in [1.165, 1.54) is 29.2 Å². The number of rotatable bonds is 2. The molecule has 7 nitrogen and oxygen atoms in total. The van der Waals surface area contributed by atoms with E-state index in [9.17, 15) is 23.8 Å². The SMILES string of the molecule is O=C(c1ccc(O)cc1O)N1CCOCC2(C=C(c3cc(F)cc(F)c3)NO2)C1. The topological polar surface area (TPSA) is 91.3 Å². The molecule has 2 heterocycles. The number of benzene rings is 2. The van der Waals surface area contributed by atoms with Gasteiger partial charge in [-0.2, -0.15) is 0 Å². The van der Waals surface area contributed by atoms with Crippen LogP contribution in [0.25, 0.3) is 5.70 Å². The van der Waals surface area contributed by atoms with E-state index in [1.54, 1.807) is 6.08 Å². The van der Waals surface area contributed by atoms with Gasteiger partial charge in [-0.25, -0.2) is 8.78 Å². The number of nitrogens with zero attached hydrogens (tertiary/aromatic N) is 1. The molecule has 4 rings (SSSR count). The number of halogens is 2. The predicted molar refractivity (Wildman–Crippen MR) is 97.8 cm³/mol. The summed E-state index contributed by atoms with van der Waals surface area (Å²) in [6.45, 7) is 0.697. The Bertz CT molecular complexity index is 977. The fourth-order valence-electron chi connectivity index (χ4n) is 3.39. The molecule has 1 fully saturated rings. The van der Waals surface area contributed by atoms with Gasteiger partial charge in [0.25, 0.3) is 5.91 Å². The fraction of sp³-hybridized carbons (Fsp3) is 0.250. The van der Waals surface area contributed by atoms with Crippen LogP contribution < -0.4 is 5.48 Å². The van der Waals surface area contributed by atoms with Gasteiger partial charge < -0.3 is 19.8 Å². The predicted octanol–water partition coefficient (Wildman–Crippen LogP) is 2.16. The van der Waals surface area contributed by atoms with Gasteiger partial charge in [-0.05, 0) is 30.3 Å². The summed E-state index contributed by atoms with van der Waals surface area (Å²) in [5.41, 5.74) is 2.24. The zero-order valence-corrected chi connectivity index (χ0v) is 15.2. The zero-order chi connectivity index (χ0) is 20.6. The molecule has 1 atom stereocenters. The second kappa shape index (κ2) is 7.34. The summed E-state index contributed by atoms with van der Waals surface area (Å²) in [5.74, 6) is -2.41. The van der Waals surface area contributed by atoms with Crippen LogP contribution in [0.4, 0.5) is 8.78 Å². The molecule has 1 amide bonds. The number of carbonyl (C=O) groups excluding carboxylic acids is 1. The van der Waals surface area contributed by atoms with Gasteiger partial charge in [0.05, 0.1) is 31.0 Å². The van der Waals surface area contributed by atoms with Crippen molar-refractivity contribution in [1.29, 1.82) is 0 Å². The average molecular weight is 404 g/mol. The van der Waals surface area contributed by atoms with Crippen molar-refractivity contribution in [2.75, 3.05) is 26.3 Å². The highest BCUT2D eigenvalue weighted by atomic mass is 19.1. The third-order valence-corrected chi connectivity index (χ3v) is 4.75. The van der Waals surface area contributed by atoms with E-state index < -0.39 is 23.1 Å². The number of carbonyl (C=O) groups is 1. The molecule has 1 spiro atoms. The zero-order valence-electron chi connectivity index (χ0n) is 15.2. The van der Waals surface area contributed by atoms with E-state index >= 15 is 0 Å². The first-order valence-corrected chi connectivity index (χ1v) is 8.88. The quantitative estimate of drug-likeness (QED) is 0.711. The van der Waals surface area contributed by atoms with E-state index in [2.05, 4.69) is 5.48 Å². The van der Waals surface area contributed by atoms with Gasteiger partial charge in [0.1, 0.15) is 23.1 Å². The van der Waals surface area contributed by atoms with Crippen LogP contribution in [0.3, 0.4) is 0 Å². The molecule has 0 radical (unpaired) electrons. The Morgan fingerprint density at radius 3 is 2.62 bits per heavy atom. The summed E-state index contributed by atoms with van der Waals surface area (Å²) in [5, 5.41) is 19.4. The van der Waals surface area contributed by atoms with Crippen LogP contribution in [0.1, 0.15) is 15.9 Å². The third kappa shape index (κ3) is 3.87. The largest absolute Gasteiger partial charge is 0.508 e. The third-order valence-electron chi connectivity index (χ3n) is 4.75. The normalized spacial score (nSPS) is 21.6. The number of hydrogen-bond donors (Lipinski definition) is 3. The minimum Gasteiger partial charge on any atom is -0.508 e. The van der Waals surface area contributed by atoms with Gasteiger partial charge in [0, 0.05) is 24.2 Å². The van der Waals surface area contributed by atoms with Crippen LogP contribution in [-0.4, -0.2) is 52.9 Å². The second-order valence-corrected chi connectivity index (χ2v) is 6.97. The highest BCUT2D eigenvalue weighted by Gasteiger charge is 2.41. The first kappa shape index (κ1) is 19.2. The molecule has 2 aromatic carbocycles. The van der Waals surface area contributed by atoms with Gasteiger partial charge in [0.15, 0.2) is 5.60 Å². The number of hydroxylamine groups is 1. The van der Waals surface area contributed by atoms with Crippen LogP contribution in [-0.2, 0) is 9.57 Å². The molecule has 2 aromatic rings. The summed E-state index contributed by atoms with van der Waals surface area (Å²) < 4.78 is 32.7. The number of phenolic OH excluding ortho intramolecular Hbond substituents is 2. The Morgan fingerprint density at radius 2 is 1.90 bits per heavy atom. The molecule has 29 heavy (non-hydrogen) atoms. The van der Waals surface area contributed by atoms with Crippen molar-refractivity contribution >= 4 is 11.6 Å². The van der Waals surface area contributed by atoms with E-state index in [0.717, 1.165) is 12.1 Å². The number of aromatic hydroxyl groups is 2. The van der Waals surface area contributed by atoms with E-state index in [0.29, 0.717) is 5.70 Å². The van der Waals surface area contributed by atoms with Gasteiger partial charge in [-0.1, -0.05) is 0 Å². The molecular weight excluding hydrogens is 386 g/mol. The van der Waals surface area contributed by atoms with E-state index in [1.807, 2.05) is 0 Å². The van der Waals surface area contributed by atoms with Gasteiger partial charge >= 0.3 is 0 Å². The molecule has 0 bridgehead atoms. The first-order valence-electron chi connectivity index (χ1n) is 8.88. The number of phenols is 2. The smallest absolute Gasteiger partial charge is 0.257 e. The van der Waals surface area contributed by atoms with Crippen LogP contribution in [0, 0.1) is 11.6 Å². The van der Waals surface area contributed by atoms with Crippen molar-refractivity contribution in [3.8, 4) is 11.5 Å². The molecule has 1 saturated heterocycles. The maximum atomic E-state index is 13.5. The Hall–Kier alpha value is -3.17. The molecule has 0 aliphatic carbocycles. The molecule has 0 saturated carbocycles. The maximum Gasteiger partial charge on any atom is 0.257 e. The number of ether oxygens (including phenoxy) is 1. The number of hydrogen-bond acceptors (Lipinski definition) is 6. The Kier molecular flexibility index (Phi) is 4.85. The highest BCUT2D eigenvalue weighted by molar-refractivity contribution is 5.97. The van der Waals surface area contributed by atoms with Crippen molar-refractivity contribution in [2.45, 2.75) is 5.60 Å². The van der Waals surface area contributed by atoms with Gasteiger partial charge in [-0.15, -0.1) is 0 Å². The summed E-state index contributed by atoms with van der Waals surface area (Å²) in [7, 11) is 0. The Morgan fingerprint density at radius 1 is 1.14 bits per heavy atom. The van der Waals surface area contributed by atoms with Crippen molar-refractivity contribution in [2.24, 2.45) is 0 Å². The molecule has 1 unspecified atom stereocenters. The number of nitrogens with one attached hydrogen (secondary N) is 1. The summed E-state index contributed by atoms with van der Waals surface area (Å²) in [6.07, 6.45) is 1.63. The Balaban J connectivity index is 1.61. The maximum absolute atomic E-state index is 13.5. The minimum absolute atomic E-state index is 0.0298. The van der Waals surface area contributed by atoms with Crippen molar-refractivity contribution < 1.29 is 33.4 Å². The molecular formula is C20H18F2N2O5.